The van der Waals surface area contributed by atoms with E-state index in [1.165, 1.54) is 11.1 Å². The van der Waals surface area contributed by atoms with Crippen LogP contribution in [-0.2, 0) is 0 Å². The standard InChI is InChI=1S/C10H16N4O/c1-4-5-12-9-7-11-6-8(13-9)10(15)14(2)3/h6-7H,4-5H2,1-3H3,(H,12,13). The number of rotatable bonds is 4. The van der Waals surface area contributed by atoms with Crippen molar-refractivity contribution in [3.63, 3.8) is 0 Å². The molecule has 0 bridgehead atoms. The fourth-order valence-corrected chi connectivity index (χ4v) is 1.04. The molecule has 1 aromatic rings. The second-order valence-corrected chi connectivity index (χ2v) is 3.42. The van der Waals surface area contributed by atoms with Crippen LogP contribution in [0.15, 0.2) is 12.4 Å². The van der Waals surface area contributed by atoms with E-state index in [4.69, 9.17) is 0 Å². The van der Waals surface area contributed by atoms with Gasteiger partial charge in [-0.1, -0.05) is 6.92 Å². The summed E-state index contributed by atoms with van der Waals surface area (Å²) in [6.45, 7) is 2.89. The molecule has 1 rings (SSSR count). The molecule has 1 aromatic heterocycles. The van der Waals surface area contributed by atoms with Crippen molar-refractivity contribution in [1.82, 2.24) is 14.9 Å². The molecule has 0 fully saturated rings. The van der Waals surface area contributed by atoms with Gasteiger partial charge in [-0.2, -0.15) is 0 Å². The Morgan fingerprint density at radius 3 is 2.80 bits per heavy atom. The van der Waals surface area contributed by atoms with Gasteiger partial charge < -0.3 is 10.2 Å². The summed E-state index contributed by atoms with van der Waals surface area (Å²) in [4.78, 5) is 21.2. The van der Waals surface area contributed by atoms with Gasteiger partial charge in [0.1, 0.15) is 11.5 Å². The average molecular weight is 208 g/mol. The minimum atomic E-state index is -0.136. The number of aromatic nitrogens is 2. The molecule has 0 aliphatic heterocycles. The van der Waals surface area contributed by atoms with Crippen LogP contribution in [0.1, 0.15) is 23.8 Å². The maximum Gasteiger partial charge on any atom is 0.273 e. The van der Waals surface area contributed by atoms with Gasteiger partial charge in [-0.3, -0.25) is 9.78 Å². The van der Waals surface area contributed by atoms with E-state index in [1.807, 2.05) is 0 Å². The predicted octanol–water partition coefficient (Wildman–Crippen LogP) is 1.00. The molecule has 15 heavy (non-hydrogen) atoms. The number of nitrogens with zero attached hydrogens (tertiary/aromatic N) is 3. The van der Waals surface area contributed by atoms with E-state index >= 15 is 0 Å². The molecule has 1 N–H and O–H groups in total. The first-order valence-corrected chi connectivity index (χ1v) is 4.92. The Morgan fingerprint density at radius 1 is 1.47 bits per heavy atom. The van der Waals surface area contributed by atoms with Gasteiger partial charge in [-0.05, 0) is 6.42 Å². The van der Waals surface area contributed by atoms with Crippen LogP contribution in [0, 0.1) is 0 Å². The molecular formula is C10H16N4O. The Balaban J connectivity index is 2.78. The van der Waals surface area contributed by atoms with Crippen LogP contribution in [0.3, 0.4) is 0 Å². The lowest BCUT2D eigenvalue weighted by molar-refractivity contribution is 0.0821. The molecule has 0 atom stereocenters. The Kier molecular flexibility index (Phi) is 4.03. The molecule has 0 saturated carbocycles. The largest absolute Gasteiger partial charge is 0.369 e. The van der Waals surface area contributed by atoms with E-state index in [1.54, 1.807) is 20.3 Å². The minimum Gasteiger partial charge on any atom is -0.369 e. The van der Waals surface area contributed by atoms with Gasteiger partial charge >= 0.3 is 0 Å². The number of hydrogen-bond acceptors (Lipinski definition) is 4. The Labute approximate surface area is 89.5 Å². The first-order valence-electron chi connectivity index (χ1n) is 4.92. The van der Waals surface area contributed by atoms with E-state index in [9.17, 15) is 4.79 Å². The molecule has 5 nitrogen and oxygen atoms in total. The molecule has 0 aliphatic carbocycles. The van der Waals surface area contributed by atoms with E-state index < -0.39 is 0 Å². The SMILES string of the molecule is CCCNc1cncc(C(=O)N(C)C)n1. The minimum absolute atomic E-state index is 0.136. The summed E-state index contributed by atoms with van der Waals surface area (Å²) < 4.78 is 0. The number of amides is 1. The number of hydrogen-bond donors (Lipinski definition) is 1. The maximum absolute atomic E-state index is 11.6. The summed E-state index contributed by atoms with van der Waals surface area (Å²) in [5.74, 6) is 0.507. The summed E-state index contributed by atoms with van der Waals surface area (Å²) >= 11 is 0. The van der Waals surface area contributed by atoms with Crippen molar-refractivity contribution in [2.45, 2.75) is 13.3 Å². The van der Waals surface area contributed by atoms with Crippen LogP contribution >= 0.6 is 0 Å². The molecule has 0 unspecified atom stereocenters. The van der Waals surface area contributed by atoms with E-state index in [0.717, 1.165) is 13.0 Å². The highest BCUT2D eigenvalue weighted by Crippen LogP contribution is 2.03. The summed E-state index contributed by atoms with van der Waals surface area (Å²) in [6, 6.07) is 0. The zero-order valence-electron chi connectivity index (χ0n) is 9.32. The van der Waals surface area contributed by atoms with Crippen molar-refractivity contribution in [3.05, 3.63) is 18.1 Å². The summed E-state index contributed by atoms with van der Waals surface area (Å²) in [7, 11) is 3.38. The second-order valence-electron chi connectivity index (χ2n) is 3.42. The summed E-state index contributed by atoms with van der Waals surface area (Å²) in [6.07, 6.45) is 4.09. The maximum atomic E-state index is 11.6. The van der Waals surface area contributed by atoms with Crippen LogP contribution in [0.2, 0.25) is 0 Å². The number of anilines is 1. The zero-order chi connectivity index (χ0) is 11.3. The van der Waals surface area contributed by atoms with Gasteiger partial charge in [0.05, 0.1) is 12.4 Å². The molecular weight excluding hydrogens is 192 g/mol. The van der Waals surface area contributed by atoms with Crippen molar-refractivity contribution in [2.75, 3.05) is 26.0 Å². The van der Waals surface area contributed by atoms with Gasteiger partial charge in [-0.15, -0.1) is 0 Å². The lowest BCUT2D eigenvalue weighted by Crippen LogP contribution is -2.23. The van der Waals surface area contributed by atoms with E-state index in [-0.39, 0.29) is 5.91 Å². The van der Waals surface area contributed by atoms with Crippen molar-refractivity contribution in [2.24, 2.45) is 0 Å². The number of nitrogens with one attached hydrogen (secondary N) is 1. The summed E-state index contributed by atoms with van der Waals surface area (Å²) in [5, 5.41) is 3.08. The molecule has 0 aromatic carbocycles. The Bertz CT molecular complexity index is 338. The lowest BCUT2D eigenvalue weighted by Gasteiger charge is -2.10. The molecule has 0 spiro atoms. The van der Waals surface area contributed by atoms with Crippen molar-refractivity contribution in [1.29, 1.82) is 0 Å². The topological polar surface area (TPSA) is 58.1 Å². The quantitative estimate of drug-likeness (QED) is 0.802. The first kappa shape index (κ1) is 11.4. The first-order chi connectivity index (χ1) is 7.15. The van der Waals surface area contributed by atoms with Crippen LogP contribution in [0.25, 0.3) is 0 Å². The third-order valence-electron chi connectivity index (χ3n) is 1.82. The van der Waals surface area contributed by atoms with E-state index in [2.05, 4.69) is 22.2 Å². The lowest BCUT2D eigenvalue weighted by atomic mass is 10.4. The zero-order valence-corrected chi connectivity index (χ0v) is 9.32. The van der Waals surface area contributed by atoms with Crippen molar-refractivity contribution in [3.8, 4) is 0 Å². The smallest absolute Gasteiger partial charge is 0.273 e. The third kappa shape index (κ3) is 3.19. The molecule has 5 heteroatoms. The van der Waals surface area contributed by atoms with Gasteiger partial charge in [0, 0.05) is 20.6 Å². The van der Waals surface area contributed by atoms with Crippen LogP contribution < -0.4 is 5.32 Å². The van der Waals surface area contributed by atoms with Crippen molar-refractivity contribution < 1.29 is 4.79 Å². The van der Waals surface area contributed by atoms with Crippen molar-refractivity contribution >= 4 is 11.7 Å². The highest BCUT2D eigenvalue weighted by atomic mass is 16.2. The number of carbonyl (C=O) groups is 1. The Morgan fingerprint density at radius 2 is 2.20 bits per heavy atom. The predicted molar refractivity (Wildman–Crippen MR) is 58.8 cm³/mol. The van der Waals surface area contributed by atoms with Crippen LogP contribution in [-0.4, -0.2) is 41.4 Å². The average Bonchev–Trinajstić information content (AvgIpc) is 2.25. The third-order valence-corrected chi connectivity index (χ3v) is 1.82. The normalized spacial score (nSPS) is 9.80. The molecule has 0 aliphatic rings. The fraction of sp³-hybridized carbons (Fsp3) is 0.500. The highest BCUT2D eigenvalue weighted by Gasteiger charge is 2.10. The Hall–Kier alpha value is -1.65. The number of carbonyl (C=O) groups excluding carboxylic acids is 1. The van der Waals surface area contributed by atoms with Gasteiger partial charge in [0.2, 0.25) is 0 Å². The van der Waals surface area contributed by atoms with Gasteiger partial charge in [0.25, 0.3) is 5.91 Å². The molecule has 0 saturated heterocycles. The van der Waals surface area contributed by atoms with Gasteiger partial charge in [0.15, 0.2) is 0 Å². The molecule has 0 radical (unpaired) electrons. The molecule has 1 heterocycles. The second kappa shape index (κ2) is 5.29. The highest BCUT2D eigenvalue weighted by molar-refractivity contribution is 5.91. The van der Waals surface area contributed by atoms with Crippen LogP contribution in [0.5, 0.6) is 0 Å². The molecule has 82 valence electrons. The summed E-state index contributed by atoms with van der Waals surface area (Å²) in [5.41, 5.74) is 0.362. The fourth-order valence-electron chi connectivity index (χ4n) is 1.04. The monoisotopic (exact) mass is 208 g/mol. The van der Waals surface area contributed by atoms with Gasteiger partial charge in [-0.25, -0.2) is 4.98 Å². The van der Waals surface area contributed by atoms with E-state index in [0.29, 0.717) is 11.5 Å². The molecule has 1 amide bonds. The van der Waals surface area contributed by atoms with Crippen LogP contribution in [0.4, 0.5) is 5.82 Å².